The van der Waals surface area contributed by atoms with Gasteiger partial charge in [0.25, 0.3) is 5.91 Å². The Morgan fingerprint density at radius 2 is 1.77 bits per heavy atom. The van der Waals surface area contributed by atoms with Crippen LogP contribution >= 0.6 is 0 Å². The van der Waals surface area contributed by atoms with E-state index < -0.39 is 0 Å². The van der Waals surface area contributed by atoms with Gasteiger partial charge in [-0.05, 0) is 36.2 Å². The fourth-order valence-corrected chi connectivity index (χ4v) is 2.76. The summed E-state index contributed by atoms with van der Waals surface area (Å²) in [4.78, 5) is 18.6. The first kappa shape index (κ1) is 19.4. The third-order valence-corrected chi connectivity index (χ3v) is 3.85. The maximum atomic E-state index is 12.7. The van der Waals surface area contributed by atoms with E-state index in [1.54, 1.807) is 34.2 Å². The van der Waals surface area contributed by atoms with E-state index in [2.05, 4.69) is 16.1 Å². The smallest absolute Gasteiger partial charge is 0.278 e. The van der Waals surface area contributed by atoms with Crippen LogP contribution in [0.5, 0.6) is 0 Å². The number of anilines is 1. The second kappa shape index (κ2) is 9.51. The summed E-state index contributed by atoms with van der Waals surface area (Å²) in [6, 6.07) is 13.5. The molecule has 0 saturated heterocycles. The molecule has 1 aliphatic heterocycles. The van der Waals surface area contributed by atoms with Gasteiger partial charge in [-0.1, -0.05) is 45.9 Å². The Morgan fingerprint density at radius 3 is 2.50 bits per heavy atom. The summed E-state index contributed by atoms with van der Waals surface area (Å²) >= 11 is 0. The minimum Gasteiger partial charge on any atom is -0.306 e. The van der Waals surface area contributed by atoms with Crippen LogP contribution in [0.15, 0.2) is 61.1 Å². The molecule has 0 saturated carbocycles. The van der Waals surface area contributed by atoms with Crippen LogP contribution in [0.25, 0.3) is 5.69 Å². The van der Waals surface area contributed by atoms with Crippen molar-refractivity contribution in [1.29, 1.82) is 0 Å². The molecule has 0 N–H and O–H groups in total. The largest absolute Gasteiger partial charge is 0.306 e. The first-order valence-electron chi connectivity index (χ1n) is 9.19. The van der Waals surface area contributed by atoms with E-state index in [1.165, 1.54) is 5.56 Å². The predicted molar refractivity (Wildman–Crippen MR) is 106 cm³/mol. The van der Waals surface area contributed by atoms with E-state index in [0.29, 0.717) is 12.2 Å². The van der Waals surface area contributed by atoms with Crippen LogP contribution in [0.1, 0.15) is 43.7 Å². The second-order valence-electron chi connectivity index (χ2n) is 5.19. The number of para-hydroxylation sites is 1. The van der Waals surface area contributed by atoms with E-state index in [9.17, 15) is 4.79 Å². The van der Waals surface area contributed by atoms with Crippen LogP contribution in [-0.2, 0) is 6.42 Å². The van der Waals surface area contributed by atoms with Crippen LogP contribution in [0.4, 0.5) is 5.69 Å². The van der Waals surface area contributed by atoms with Gasteiger partial charge in [-0.25, -0.2) is 4.68 Å². The Bertz CT molecular complexity index is 827. The number of fused-ring (bicyclic) bond motifs is 1. The average Bonchev–Trinajstić information content (AvgIpc) is 3.39. The molecular formula is C21H26N4O. The first-order chi connectivity index (χ1) is 12.8. The summed E-state index contributed by atoms with van der Waals surface area (Å²) in [7, 11) is 0. The number of aromatic nitrogens is 3. The maximum absolute atomic E-state index is 12.7. The number of nitrogens with zero attached hydrogens (tertiary/aromatic N) is 4. The van der Waals surface area contributed by atoms with Crippen molar-refractivity contribution < 1.29 is 4.79 Å². The van der Waals surface area contributed by atoms with Crippen molar-refractivity contribution in [2.24, 2.45) is 0 Å². The molecular weight excluding hydrogens is 324 g/mol. The minimum absolute atomic E-state index is 0.0624. The van der Waals surface area contributed by atoms with Gasteiger partial charge in [0.15, 0.2) is 5.69 Å². The number of amides is 1. The van der Waals surface area contributed by atoms with Gasteiger partial charge in [-0.2, -0.15) is 5.10 Å². The fraction of sp³-hybridized carbons (Fsp3) is 0.286. The number of carbonyl (C=O) groups is 1. The zero-order chi connectivity index (χ0) is 18.9. The molecule has 5 nitrogen and oxygen atoms in total. The lowest BCUT2D eigenvalue weighted by atomic mass is 10.2. The SMILES string of the molecule is CC.CC.O=C(c1ccn(-c2cccnc2)n1)N1CCc2ccccc21. The topological polar surface area (TPSA) is 51.0 Å². The summed E-state index contributed by atoms with van der Waals surface area (Å²) < 4.78 is 1.67. The first-order valence-corrected chi connectivity index (χ1v) is 9.19. The predicted octanol–water partition coefficient (Wildman–Crippen LogP) is 4.52. The van der Waals surface area contributed by atoms with E-state index in [0.717, 1.165) is 17.8 Å². The zero-order valence-electron chi connectivity index (χ0n) is 15.9. The van der Waals surface area contributed by atoms with Crippen molar-refractivity contribution in [3.8, 4) is 5.69 Å². The van der Waals surface area contributed by atoms with Gasteiger partial charge in [0.2, 0.25) is 0 Å². The monoisotopic (exact) mass is 350 g/mol. The van der Waals surface area contributed by atoms with Crippen molar-refractivity contribution in [3.63, 3.8) is 0 Å². The van der Waals surface area contributed by atoms with E-state index in [1.807, 2.05) is 58.0 Å². The third kappa shape index (κ3) is 3.99. The maximum Gasteiger partial charge on any atom is 0.278 e. The zero-order valence-corrected chi connectivity index (χ0v) is 15.9. The molecule has 1 amide bonds. The Morgan fingerprint density at radius 1 is 1.00 bits per heavy atom. The molecule has 0 atom stereocenters. The summed E-state index contributed by atoms with van der Waals surface area (Å²) in [5.41, 5.74) is 3.48. The molecule has 0 aliphatic carbocycles. The summed E-state index contributed by atoms with van der Waals surface area (Å²) in [5, 5.41) is 4.38. The molecule has 26 heavy (non-hydrogen) atoms. The molecule has 1 aromatic carbocycles. The molecule has 0 bridgehead atoms. The van der Waals surface area contributed by atoms with Crippen molar-refractivity contribution in [3.05, 3.63) is 72.3 Å². The molecule has 0 spiro atoms. The molecule has 4 rings (SSSR count). The van der Waals surface area contributed by atoms with Gasteiger partial charge in [0.1, 0.15) is 0 Å². The normalized spacial score (nSPS) is 11.6. The highest BCUT2D eigenvalue weighted by molar-refractivity contribution is 6.06. The third-order valence-electron chi connectivity index (χ3n) is 3.85. The molecule has 5 heteroatoms. The Balaban J connectivity index is 0.000000570. The molecule has 3 aromatic rings. The summed E-state index contributed by atoms with van der Waals surface area (Å²) in [6.07, 6.45) is 6.10. The van der Waals surface area contributed by atoms with E-state index >= 15 is 0 Å². The summed E-state index contributed by atoms with van der Waals surface area (Å²) in [6.45, 7) is 8.71. The van der Waals surface area contributed by atoms with E-state index in [-0.39, 0.29) is 5.91 Å². The number of hydrogen-bond acceptors (Lipinski definition) is 3. The van der Waals surface area contributed by atoms with Crippen LogP contribution in [0.3, 0.4) is 0 Å². The number of rotatable bonds is 2. The summed E-state index contributed by atoms with van der Waals surface area (Å²) in [5.74, 6) is -0.0624. The lowest BCUT2D eigenvalue weighted by molar-refractivity contribution is 0.0984. The van der Waals surface area contributed by atoms with Crippen molar-refractivity contribution in [1.82, 2.24) is 14.8 Å². The van der Waals surface area contributed by atoms with Gasteiger partial charge in [0, 0.05) is 24.6 Å². The molecule has 0 unspecified atom stereocenters. The quantitative estimate of drug-likeness (QED) is 0.683. The number of hydrogen-bond donors (Lipinski definition) is 0. The van der Waals surface area contributed by atoms with E-state index in [4.69, 9.17) is 0 Å². The van der Waals surface area contributed by atoms with Gasteiger partial charge >= 0.3 is 0 Å². The lowest BCUT2D eigenvalue weighted by Crippen LogP contribution is -2.29. The van der Waals surface area contributed by atoms with Gasteiger partial charge < -0.3 is 4.90 Å². The minimum atomic E-state index is -0.0624. The van der Waals surface area contributed by atoms with Crippen molar-refractivity contribution >= 4 is 11.6 Å². The Labute approximate surface area is 155 Å². The molecule has 2 aromatic heterocycles. The highest BCUT2D eigenvalue weighted by atomic mass is 16.2. The highest BCUT2D eigenvalue weighted by Gasteiger charge is 2.26. The Hall–Kier alpha value is -2.95. The van der Waals surface area contributed by atoms with Crippen LogP contribution < -0.4 is 4.90 Å². The van der Waals surface area contributed by atoms with Crippen molar-refractivity contribution in [2.45, 2.75) is 34.1 Å². The molecule has 0 fully saturated rings. The highest BCUT2D eigenvalue weighted by Crippen LogP contribution is 2.28. The number of carbonyl (C=O) groups excluding carboxylic acids is 1. The second-order valence-corrected chi connectivity index (χ2v) is 5.19. The molecule has 3 heterocycles. The fourth-order valence-electron chi connectivity index (χ4n) is 2.76. The molecule has 0 radical (unpaired) electrons. The molecule has 136 valence electrons. The standard InChI is InChI=1S/C17H14N4O.2C2H6/c22-17(20-10-7-13-4-1-2-6-16(13)20)15-8-11-21(19-15)14-5-3-9-18-12-14;2*1-2/h1-6,8-9,11-12H,7,10H2;2*1-2H3. The number of benzene rings is 1. The van der Waals surface area contributed by atoms with Crippen LogP contribution in [-0.4, -0.2) is 27.2 Å². The van der Waals surface area contributed by atoms with Gasteiger partial charge in [0.05, 0.1) is 11.9 Å². The number of pyridine rings is 1. The van der Waals surface area contributed by atoms with Gasteiger partial charge in [-0.15, -0.1) is 0 Å². The van der Waals surface area contributed by atoms with Crippen LogP contribution in [0.2, 0.25) is 0 Å². The Kier molecular flexibility index (Phi) is 7.09. The van der Waals surface area contributed by atoms with Crippen LogP contribution in [0, 0.1) is 0 Å². The average molecular weight is 350 g/mol. The van der Waals surface area contributed by atoms with Crippen molar-refractivity contribution in [2.75, 3.05) is 11.4 Å². The van der Waals surface area contributed by atoms with Gasteiger partial charge in [-0.3, -0.25) is 9.78 Å². The molecule has 1 aliphatic rings. The lowest BCUT2D eigenvalue weighted by Gasteiger charge is -2.15.